The molecule has 0 saturated carbocycles. The summed E-state index contributed by atoms with van der Waals surface area (Å²) in [5.74, 6) is -0.113. The number of hydrogen-bond acceptors (Lipinski definition) is 5. The number of rotatable bonds is 4. The van der Waals surface area contributed by atoms with E-state index in [9.17, 15) is 9.59 Å². The van der Waals surface area contributed by atoms with Gasteiger partial charge in [-0.05, 0) is 62.8 Å². The number of allylic oxidation sites excluding steroid dienone is 2. The van der Waals surface area contributed by atoms with Crippen molar-refractivity contribution in [2.75, 3.05) is 49.2 Å². The molecule has 3 saturated heterocycles. The van der Waals surface area contributed by atoms with Crippen LogP contribution >= 0.6 is 0 Å². The van der Waals surface area contributed by atoms with Crippen LogP contribution in [-0.2, 0) is 14.3 Å². The van der Waals surface area contributed by atoms with Crippen molar-refractivity contribution in [2.24, 2.45) is 11.8 Å². The van der Waals surface area contributed by atoms with E-state index in [-0.39, 0.29) is 23.7 Å². The Hall–Kier alpha value is -2.34. The van der Waals surface area contributed by atoms with Crippen LogP contribution in [0, 0.1) is 11.8 Å². The minimum absolute atomic E-state index is 0.0149. The molecule has 3 aliphatic heterocycles. The van der Waals surface area contributed by atoms with E-state index in [1.807, 2.05) is 24.3 Å². The van der Waals surface area contributed by atoms with Gasteiger partial charge in [0.15, 0.2) is 0 Å². The van der Waals surface area contributed by atoms with Crippen molar-refractivity contribution in [1.82, 2.24) is 4.90 Å². The Balaban J connectivity index is 1.33. The average Bonchev–Trinajstić information content (AvgIpc) is 3.14. The molecule has 2 atom stereocenters. The summed E-state index contributed by atoms with van der Waals surface area (Å²) in [6.45, 7) is 5.39. The molecule has 0 aromatic heterocycles. The molecule has 1 aromatic carbocycles. The molecule has 31 heavy (non-hydrogen) atoms. The van der Waals surface area contributed by atoms with Gasteiger partial charge in [-0.2, -0.15) is 0 Å². The number of piperidine rings is 1. The maximum Gasteiger partial charge on any atom is 0.238 e. The molecule has 3 heterocycles. The Kier molecular flexibility index (Phi) is 5.99. The maximum atomic E-state index is 13.5. The van der Waals surface area contributed by atoms with E-state index in [1.54, 1.807) is 0 Å². The monoisotopic (exact) mass is 423 g/mol. The number of benzene rings is 1. The molecule has 5 rings (SSSR count). The third-order valence-corrected chi connectivity index (χ3v) is 7.33. The van der Waals surface area contributed by atoms with E-state index in [1.165, 1.54) is 29.9 Å². The number of hydrogen-bond donors (Lipinski definition) is 0. The lowest BCUT2D eigenvalue weighted by Crippen LogP contribution is -2.38. The topological polar surface area (TPSA) is 53.1 Å². The van der Waals surface area contributed by atoms with Crippen LogP contribution in [0.2, 0.25) is 0 Å². The first-order chi connectivity index (χ1) is 15.2. The van der Waals surface area contributed by atoms with Crippen molar-refractivity contribution < 1.29 is 14.3 Å². The van der Waals surface area contributed by atoms with Gasteiger partial charge in [-0.25, -0.2) is 0 Å². The number of morpholine rings is 1. The Morgan fingerprint density at radius 1 is 0.774 bits per heavy atom. The second-order valence-electron chi connectivity index (χ2n) is 9.21. The zero-order valence-electron chi connectivity index (χ0n) is 18.3. The summed E-state index contributed by atoms with van der Waals surface area (Å²) in [5, 5.41) is 0. The van der Waals surface area contributed by atoms with E-state index in [0.29, 0.717) is 12.1 Å². The largest absolute Gasteiger partial charge is 0.378 e. The van der Waals surface area contributed by atoms with Crippen molar-refractivity contribution in [3.05, 3.63) is 36.0 Å². The van der Waals surface area contributed by atoms with Crippen LogP contribution in [0.5, 0.6) is 0 Å². The number of imide groups is 1. The molecule has 166 valence electrons. The number of carbonyl (C=O) groups excluding carboxylic acids is 2. The van der Waals surface area contributed by atoms with Crippen molar-refractivity contribution in [3.63, 3.8) is 0 Å². The third kappa shape index (κ3) is 4.10. The van der Waals surface area contributed by atoms with E-state index in [2.05, 4.69) is 15.9 Å². The highest BCUT2D eigenvalue weighted by atomic mass is 16.5. The molecule has 0 unspecified atom stereocenters. The predicted octanol–water partition coefficient (Wildman–Crippen LogP) is 3.57. The fraction of sp³-hybridized carbons (Fsp3) is 0.600. The number of amides is 2. The van der Waals surface area contributed by atoms with E-state index in [4.69, 9.17) is 4.74 Å². The van der Waals surface area contributed by atoms with E-state index in [0.717, 1.165) is 64.3 Å². The summed E-state index contributed by atoms with van der Waals surface area (Å²) in [6.07, 6.45) is 9.63. The zero-order chi connectivity index (χ0) is 21.2. The number of carbonyl (C=O) groups is 2. The Bertz CT molecular complexity index is 838. The third-order valence-electron chi connectivity index (χ3n) is 7.33. The van der Waals surface area contributed by atoms with Crippen molar-refractivity contribution >= 4 is 23.2 Å². The lowest BCUT2D eigenvalue weighted by molar-refractivity contribution is -0.123. The normalized spacial score (nSPS) is 27.6. The quantitative estimate of drug-likeness (QED) is 0.693. The first kappa shape index (κ1) is 20.6. The van der Waals surface area contributed by atoms with Gasteiger partial charge in [0.25, 0.3) is 0 Å². The summed E-state index contributed by atoms with van der Waals surface area (Å²) < 4.78 is 5.43. The molecular formula is C25H33N3O3. The molecule has 0 N–H and O–H groups in total. The first-order valence-electron chi connectivity index (χ1n) is 12.0. The number of likely N-dealkylation sites (tertiary alicyclic amines) is 1. The Morgan fingerprint density at radius 2 is 1.48 bits per heavy atom. The van der Waals surface area contributed by atoms with Crippen LogP contribution < -0.4 is 9.80 Å². The highest BCUT2D eigenvalue weighted by Gasteiger charge is 2.45. The molecule has 0 bridgehead atoms. The standard InChI is InChI=1S/C25H33N3O3/c29-24-18-22(21-6-2-3-7-23(21)27-12-4-1-5-13-27)25(30)28(24)20-10-8-19(9-11-20)26-14-16-31-17-15-26/h7-11,21-22H,1-6,12-18H2/t21-,22-/m0/s1. The molecule has 6 heteroatoms. The molecular weight excluding hydrogens is 390 g/mol. The Labute approximate surface area is 184 Å². The summed E-state index contributed by atoms with van der Waals surface area (Å²) >= 11 is 0. The summed E-state index contributed by atoms with van der Waals surface area (Å²) in [4.78, 5) is 32.6. The minimum atomic E-state index is -0.222. The number of nitrogens with zero attached hydrogens (tertiary/aromatic N) is 3. The van der Waals surface area contributed by atoms with Crippen LogP contribution in [-0.4, -0.2) is 56.1 Å². The number of ether oxygens (including phenoxy) is 1. The second-order valence-corrected chi connectivity index (χ2v) is 9.21. The van der Waals surface area contributed by atoms with Crippen LogP contribution in [0.1, 0.15) is 44.9 Å². The second kappa shape index (κ2) is 9.03. The fourth-order valence-corrected chi connectivity index (χ4v) is 5.69. The summed E-state index contributed by atoms with van der Waals surface area (Å²) in [7, 11) is 0. The first-order valence-corrected chi connectivity index (χ1v) is 12.0. The molecule has 0 radical (unpaired) electrons. The van der Waals surface area contributed by atoms with Crippen LogP contribution in [0.25, 0.3) is 0 Å². The molecule has 3 fully saturated rings. The van der Waals surface area contributed by atoms with Crippen molar-refractivity contribution in [2.45, 2.75) is 44.9 Å². The average molecular weight is 424 g/mol. The fourth-order valence-electron chi connectivity index (χ4n) is 5.69. The highest BCUT2D eigenvalue weighted by Crippen LogP contribution is 2.41. The van der Waals surface area contributed by atoms with Gasteiger partial charge >= 0.3 is 0 Å². The van der Waals surface area contributed by atoms with Crippen LogP contribution in [0.15, 0.2) is 36.0 Å². The molecule has 2 amide bonds. The van der Waals surface area contributed by atoms with Crippen molar-refractivity contribution in [1.29, 1.82) is 0 Å². The number of anilines is 2. The Morgan fingerprint density at radius 3 is 2.23 bits per heavy atom. The smallest absolute Gasteiger partial charge is 0.238 e. The molecule has 1 aliphatic carbocycles. The van der Waals surface area contributed by atoms with Gasteiger partial charge in [-0.3, -0.25) is 14.5 Å². The SMILES string of the molecule is O=C1C[C@@H]([C@@H]2CCCC=C2N2CCCCC2)C(=O)N1c1ccc(N2CCOCC2)cc1. The minimum Gasteiger partial charge on any atom is -0.378 e. The lowest BCUT2D eigenvalue weighted by atomic mass is 9.80. The van der Waals surface area contributed by atoms with Gasteiger partial charge in [-0.1, -0.05) is 6.08 Å². The van der Waals surface area contributed by atoms with Crippen LogP contribution in [0.3, 0.4) is 0 Å². The molecule has 4 aliphatic rings. The predicted molar refractivity (Wildman–Crippen MR) is 121 cm³/mol. The molecule has 0 spiro atoms. The summed E-state index contributed by atoms with van der Waals surface area (Å²) in [5.41, 5.74) is 3.15. The lowest BCUT2D eigenvalue weighted by Gasteiger charge is -2.39. The highest BCUT2D eigenvalue weighted by molar-refractivity contribution is 6.21. The van der Waals surface area contributed by atoms with Gasteiger partial charge in [0.05, 0.1) is 24.8 Å². The summed E-state index contributed by atoms with van der Waals surface area (Å²) in [6, 6.07) is 7.89. The van der Waals surface area contributed by atoms with Gasteiger partial charge < -0.3 is 14.5 Å². The van der Waals surface area contributed by atoms with E-state index >= 15 is 0 Å². The van der Waals surface area contributed by atoms with Gasteiger partial charge in [-0.15, -0.1) is 0 Å². The van der Waals surface area contributed by atoms with E-state index < -0.39 is 0 Å². The van der Waals surface area contributed by atoms with Gasteiger partial charge in [0.1, 0.15) is 0 Å². The molecule has 1 aromatic rings. The molecule has 6 nitrogen and oxygen atoms in total. The van der Waals surface area contributed by atoms with Gasteiger partial charge in [0.2, 0.25) is 11.8 Å². The van der Waals surface area contributed by atoms with Crippen LogP contribution in [0.4, 0.5) is 11.4 Å². The van der Waals surface area contributed by atoms with Gasteiger partial charge in [0, 0.05) is 49.9 Å². The maximum absolute atomic E-state index is 13.5. The zero-order valence-corrected chi connectivity index (χ0v) is 18.3. The van der Waals surface area contributed by atoms with Crippen molar-refractivity contribution in [3.8, 4) is 0 Å².